The summed E-state index contributed by atoms with van der Waals surface area (Å²) in [4.78, 5) is 1.33. The number of thiophene rings is 1. The van der Waals surface area contributed by atoms with Crippen molar-refractivity contribution in [2.75, 3.05) is 5.32 Å². The van der Waals surface area contributed by atoms with Gasteiger partial charge in [0.1, 0.15) is 0 Å². The lowest BCUT2D eigenvalue weighted by Gasteiger charge is -2.03. The molecule has 100 valence electrons. The van der Waals surface area contributed by atoms with Crippen LogP contribution in [0.25, 0.3) is 0 Å². The largest absolute Gasteiger partial charge is 0.347 e. The van der Waals surface area contributed by atoms with E-state index in [4.69, 9.17) is 0 Å². The Morgan fingerprint density at radius 3 is 2.06 bits per heavy atom. The summed E-state index contributed by atoms with van der Waals surface area (Å²) in [7, 11) is 0. The smallest absolute Gasteiger partial charge is 0.0929 e. The maximum atomic E-state index is 3.38. The van der Waals surface area contributed by atoms with Crippen LogP contribution in [0, 0.1) is 13.8 Å². The van der Waals surface area contributed by atoms with Gasteiger partial charge in [0, 0.05) is 10.6 Å². The molecule has 0 spiro atoms. The zero-order valence-corrected chi connectivity index (χ0v) is 13.2. The van der Waals surface area contributed by atoms with E-state index in [1.807, 2.05) is 27.7 Å². The highest BCUT2D eigenvalue weighted by Gasteiger charge is 1.96. The zero-order chi connectivity index (χ0) is 14.0. The molecule has 0 bridgehead atoms. The lowest BCUT2D eigenvalue weighted by Crippen LogP contribution is -1.86. The summed E-state index contributed by atoms with van der Waals surface area (Å²) in [5, 5.41) is 4.59. The Morgan fingerprint density at radius 2 is 1.56 bits per heavy atom. The molecular weight excluding hydrogens is 238 g/mol. The quantitative estimate of drug-likeness (QED) is 0.684. The van der Waals surface area contributed by atoms with E-state index in [1.165, 1.54) is 15.4 Å². The Morgan fingerprint density at radius 1 is 0.889 bits per heavy atom. The van der Waals surface area contributed by atoms with E-state index in [0.29, 0.717) is 0 Å². The third kappa shape index (κ3) is 5.87. The molecule has 1 aromatic heterocycles. The van der Waals surface area contributed by atoms with Gasteiger partial charge in [-0.15, -0.1) is 11.3 Å². The minimum Gasteiger partial charge on any atom is -0.347 e. The molecule has 2 heteroatoms. The second-order valence-electron chi connectivity index (χ2n) is 3.40. The highest BCUT2D eigenvalue weighted by Crippen LogP contribution is 2.25. The summed E-state index contributed by atoms with van der Waals surface area (Å²) in [5.74, 6) is 0. The molecule has 0 aliphatic rings. The van der Waals surface area contributed by atoms with Gasteiger partial charge in [-0.3, -0.25) is 0 Å². The summed E-state index contributed by atoms with van der Waals surface area (Å²) in [6.45, 7) is 12.2. The summed E-state index contributed by atoms with van der Waals surface area (Å²) in [5.41, 5.74) is 2.44. The van der Waals surface area contributed by atoms with E-state index in [2.05, 4.69) is 55.6 Å². The van der Waals surface area contributed by atoms with Crippen LogP contribution in [-0.2, 0) is 0 Å². The van der Waals surface area contributed by atoms with Crippen LogP contribution in [0.3, 0.4) is 0 Å². The molecule has 2 rings (SSSR count). The van der Waals surface area contributed by atoms with E-state index < -0.39 is 0 Å². The number of nitrogens with one attached hydrogen (secondary N) is 1. The Balaban J connectivity index is 0.000000659. The third-order valence-electron chi connectivity index (χ3n) is 2.03. The van der Waals surface area contributed by atoms with Gasteiger partial charge in [0.25, 0.3) is 0 Å². The maximum Gasteiger partial charge on any atom is 0.0929 e. The number of benzene rings is 1. The summed E-state index contributed by atoms with van der Waals surface area (Å²) in [6.07, 6.45) is 0. The molecule has 0 saturated heterocycles. The van der Waals surface area contributed by atoms with Gasteiger partial charge in [0.15, 0.2) is 0 Å². The van der Waals surface area contributed by atoms with Crippen molar-refractivity contribution in [2.24, 2.45) is 0 Å². The number of rotatable bonds is 2. The number of hydrogen-bond donors (Lipinski definition) is 1. The van der Waals surface area contributed by atoms with Gasteiger partial charge < -0.3 is 5.32 Å². The van der Waals surface area contributed by atoms with Crippen LogP contribution < -0.4 is 5.32 Å². The van der Waals surface area contributed by atoms with Crippen LogP contribution >= 0.6 is 11.3 Å². The monoisotopic (exact) mass is 263 g/mol. The highest BCUT2D eigenvalue weighted by molar-refractivity contribution is 7.16. The molecule has 0 fully saturated rings. The minimum absolute atomic E-state index is 1.16. The normalized spacial score (nSPS) is 8.56. The first-order valence-electron chi connectivity index (χ1n) is 6.64. The fourth-order valence-corrected chi connectivity index (χ4v) is 2.15. The van der Waals surface area contributed by atoms with Crippen LogP contribution in [0.5, 0.6) is 0 Å². The van der Waals surface area contributed by atoms with Crippen molar-refractivity contribution in [3.8, 4) is 0 Å². The molecular formula is C16H25NS. The summed E-state index contributed by atoms with van der Waals surface area (Å²) < 4.78 is 0. The third-order valence-corrected chi connectivity index (χ3v) is 2.94. The van der Waals surface area contributed by atoms with Crippen molar-refractivity contribution < 1.29 is 0 Å². The fraction of sp³-hybridized carbons (Fsp3) is 0.375. The molecule has 2 aromatic rings. The van der Waals surface area contributed by atoms with Gasteiger partial charge in [-0.05, 0) is 43.7 Å². The maximum absolute atomic E-state index is 3.38. The van der Waals surface area contributed by atoms with Gasteiger partial charge in [0.2, 0.25) is 0 Å². The van der Waals surface area contributed by atoms with Crippen LogP contribution in [0.15, 0.2) is 36.4 Å². The average Bonchev–Trinajstić information content (AvgIpc) is 2.80. The van der Waals surface area contributed by atoms with Crippen LogP contribution in [-0.4, -0.2) is 0 Å². The molecule has 1 nitrogen and oxygen atoms in total. The van der Waals surface area contributed by atoms with Crippen molar-refractivity contribution >= 4 is 22.0 Å². The Labute approximate surface area is 116 Å². The Hall–Kier alpha value is -1.28. The van der Waals surface area contributed by atoms with Gasteiger partial charge in [-0.2, -0.15) is 0 Å². The predicted octanol–water partition coefficient (Wildman–Crippen LogP) is 6.16. The first-order chi connectivity index (χ1) is 8.74. The molecule has 18 heavy (non-hydrogen) atoms. The van der Waals surface area contributed by atoms with Crippen molar-refractivity contribution in [1.29, 1.82) is 0 Å². The second-order valence-corrected chi connectivity index (χ2v) is 4.69. The predicted molar refractivity (Wildman–Crippen MR) is 86.2 cm³/mol. The molecule has 1 heterocycles. The van der Waals surface area contributed by atoms with E-state index >= 15 is 0 Å². The highest BCUT2D eigenvalue weighted by atomic mass is 32.1. The standard InChI is InChI=1S/C12H13NS.2C2H6/c1-9-4-3-5-11(8-9)13-12-7-6-10(2)14-12;2*1-2/h3-8,13H,1-2H3;2*1-2H3. The summed E-state index contributed by atoms with van der Waals surface area (Å²) >= 11 is 1.78. The Bertz CT molecular complexity index is 432. The second kappa shape index (κ2) is 9.72. The van der Waals surface area contributed by atoms with Crippen molar-refractivity contribution in [3.05, 3.63) is 46.8 Å². The topological polar surface area (TPSA) is 12.0 Å². The van der Waals surface area contributed by atoms with Gasteiger partial charge >= 0.3 is 0 Å². The molecule has 1 aromatic carbocycles. The summed E-state index contributed by atoms with van der Waals surface area (Å²) in [6, 6.07) is 12.6. The van der Waals surface area contributed by atoms with Crippen molar-refractivity contribution in [1.82, 2.24) is 0 Å². The number of hydrogen-bond acceptors (Lipinski definition) is 2. The van der Waals surface area contributed by atoms with Crippen molar-refractivity contribution in [2.45, 2.75) is 41.5 Å². The SMILES string of the molecule is CC.CC.Cc1cccc(Nc2ccc(C)s2)c1. The van der Waals surface area contributed by atoms with Gasteiger partial charge in [-0.1, -0.05) is 39.8 Å². The lowest BCUT2D eigenvalue weighted by molar-refractivity contribution is 1.46. The zero-order valence-electron chi connectivity index (χ0n) is 12.4. The van der Waals surface area contributed by atoms with E-state index in [0.717, 1.165) is 5.69 Å². The molecule has 0 amide bonds. The number of anilines is 2. The molecule has 0 aliphatic carbocycles. The molecule has 0 atom stereocenters. The fourth-order valence-electron chi connectivity index (χ4n) is 1.37. The molecule has 1 N–H and O–H groups in total. The first-order valence-corrected chi connectivity index (χ1v) is 7.46. The van der Waals surface area contributed by atoms with E-state index in [1.54, 1.807) is 11.3 Å². The number of aryl methyl sites for hydroxylation is 2. The van der Waals surface area contributed by atoms with Crippen LogP contribution in [0.1, 0.15) is 38.1 Å². The van der Waals surface area contributed by atoms with Crippen LogP contribution in [0.2, 0.25) is 0 Å². The van der Waals surface area contributed by atoms with Crippen molar-refractivity contribution in [3.63, 3.8) is 0 Å². The molecule has 0 unspecified atom stereocenters. The van der Waals surface area contributed by atoms with Gasteiger partial charge in [-0.25, -0.2) is 0 Å². The molecule has 0 radical (unpaired) electrons. The average molecular weight is 263 g/mol. The van der Waals surface area contributed by atoms with Crippen LogP contribution in [0.4, 0.5) is 10.7 Å². The first kappa shape index (κ1) is 16.7. The van der Waals surface area contributed by atoms with E-state index in [-0.39, 0.29) is 0 Å². The minimum atomic E-state index is 1.16. The Kier molecular flexibility index (Phi) is 9.03. The van der Waals surface area contributed by atoms with E-state index in [9.17, 15) is 0 Å². The molecule has 0 aliphatic heterocycles. The molecule has 0 saturated carbocycles. The lowest BCUT2D eigenvalue weighted by atomic mass is 10.2. The van der Waals surface area contributed by atoms with Gasteiger partial charge in [0.05, 0.1) is 5.00 Å².